The molecule has 8 heteroatoms. The van der Waals surface area contributed by atoms with Crippen LogP contribution in [0.5, 0.6) is 0 Å². The third-order valence-corrected chi connectivity index (χ3v) is 3.31. The molecule has 1 aromatic rings. The topological polar surface area (TPSA) is 74.6 Å². The van der Waals surface area contributed by atoms with Crippen LogP contribution in [-0.2, 0) is 9.57 Å². The van der Waals surface area contributed by atoms with Crippen LogP contribution in [0.25, 0.3) is 0 Å². The first-order chi connectivity index (χ1) is 10.2. The molecule has 1 fully saturated rings. The van der Waals surface area contributed by atoms with Gasteiger partial charge in [0, 0.05) is 0 Å². The maximum absolute atomic E-state index is 14.2. The average Bonchev–Trinajstić information content (AvgIpc) is 2.89. The van der Waals surface area contributed by atoms with Crippen LogP contribution in [0.4, 0.5) is 20.6 Å². The predicted octanol–water partition coefficient (Wildman–Crippen LogP) is 0.923. The Labute approximate surface area is 120 Å². The van der Waals surface area contributed by atoms with Crippen molar-refractivity contribution in [2.75, 3.05) is 36.1 Å². The van der Waals surface area contributed by atoms with Gasteiger partial charge in [-0.1, -0.05) is 5.16 Å². The number of hydrogen-bond donors (Lipinski definition) is 1. The van der Waals surface area contributed by atoms with Gasteiger partial charge in [0.25, 0.3) is 0 Å². The molecule has 0 saturated carbocycles. The lowest BCUT2D eigenvalue weighted by Crippen LogP contribution is -2.30. The molecular weight excluding hydrogens is 281 g/mol. The van der Waals surface area contributed by atoms with Gasteiger partial charge in [0.05, 0.1) is 31.1 Å². The molecule has 2 aliphatic heterocycles. The molecule has 1 atom stereocenters. The molecule has 1 saturated heterocycles. The maximum Gasteiger partial charge on any atom is 0.414 e. The molecular formula is C13H14FN3O4. The molecule has 1 amide bonds. The zero-order valence-corrected chi connectivity index (χ0v) is 11.1. The van der Waals surface area contributed by atoms with Crippen LogP contribution in [0.1, 0.15) is 0 Å². The molecule has 2 aliphatic rings. The summed E-state index contributed by atoms with van der Waals surface area (Å²) in [6, 6.07) is 4.46. The Kier molecular flexibility index (Phi) is 3.61. The number of cyclic esters (lactones) is 1. The molecule has 0 aromatic heterocycles. The second-order valence-corrected chi connectivity index (χ2v) is 4.68. The number of carbonyl (C=O) groups is 1. The number of carbonyl (C=O) groups excluding carboxylic acids is 1. The summed E-state index contributed by atoms with van der Waals surface area (Å²) >= 11 is 0. The summed E-state index contributed by atoms with van der Waals surface area (Å²) in [5.74, 6) is -0.471. The smallest absolute Gasteiger partial charge is 0.414 e. The minimum absolute atomic E-state index is 0.202. The minimum Gasteiger partial charge on any atom is -0.441 e. The number of benzene rings is 1. The van der Waals surface area contributed by atoms with E-state index < -0.39 is 18.0 Å². The summed E-state index contributed by atoms with van der Waals surface area (Å²) in [6.45, 7) is 0.826. The fourth-order valence-corrected chi connectivity index (χ4v) is 2.25. The lowest BCUT2D eigenvalue weighted by Gasteiger charge is -2.23. The Hall–Kier alpha value is -2.35. The lowest BCUT2D eigenvalue weighted by molar-refractivity contribution is 0.0963. The Morgan fingerprint density at radius 1 is 1.48 bits per heavy atom. The highest BCUT2D eigenvalue weighted by atomic mass is 19.1. The van der Waals surface area contributed by atoms with Crippen molar-refractivity contribution >= 4 is 23.8 Å². The lowest BCUT2D eigenvalue weighted by atomic mass is 10.2. The highest BCUT2D eigenvalue weighted by Gasteiger charge is 2.32. The van der Waals surface area contributed by atoms with Crippen LogP contribution in [0.3, 0.4) is 0 Å². The highest BCUT2D eigenvalue weighted by molar-refractivity contribution is 5.90. The third-order valence-electron chi connectivity index (χ3n) is 3.31. The number of halogens is 1. The van der Waals surface area contributed by atoms with E-state index in [1.807, 2.05) is 0 Å². The molecule has 7 nitrogen and oxygen atoms in total. The first kappa shape index (κ1) is 13.6. The van der Waals surface area contributed by atoms with Crippen LogP contribution >= 0.6 is 0 Å². The van der Waals surface area contributed by atoms with E-state index in [2.05, 4.69) is 5.16 Å². The summed E-state index contributed by atoms with van der Waals surface area (Å²) < 4.78 is 19.2. The van der Waals surface area contributed by atoms with E-state index in [0.717, 1.165) is 0 Å². The zero-order chi connectivity index (χ0) is 14.8. The summed E-state index contributed by atoms with van der Waals surface area (Å²) in [6.07, 6.45) is 0.244. The molecule has 3 rings (SSSR count). The van der Waals surface area contributed by atoms with Crippen molar-refractivity contribution in [2.45, 2.75) is 6.10 Å². The molecule has 112 valence electrons. The maximum atomic E-state index is 14.2. The van der Waals surface area contributed by atoms with Crippen LogP contribution in [0, 0.1) is 5.82 Å². The van der Waals surface area contributed by atoms with Gasteiger partial charge in [-0.05, 0) is 18.2 Å². The van der Waals surface area contributed by atoms with Crippen molar-refractivity contribution in [3.63, 3.8) is 0 Å². The Morgan fingerprint density at radius 3 is 2.95 bits per heavy atom. The van der Waals surface area contributed by atoms with E-state index in [4.69, 9.17) is 14.7 Å². The van der Waals surface area contributed by atoms with Crippen LogP contribution in [0.15, 0.2) is 23.4 Å². The number of amides is 1. The predicted molar refractivity (Wildman–Crippen MR) is 72.9 cm³/mol. The van der Waals surface area contributed by atoms with Crippen LogP contribution < -0.4 is 9.80 Å². The number of nitrogens with zero attached hydrogens (tertiary/aromatic N) is 3. The molecule has 0 radical (unpaired) electrons. The van der Waals surface area contributed by atoms with Crippen molar-refractivity contribution in [1.29, 1.82) is 0 Å². The number of anilines is 2. The van der Waals surface area contributed by atoms with E-state index in [0.29, 0.717) is 24.5 Å². The van der Waals surface area contributed by atoms with Crippen molar-refractivity contribution < 1.29 is 23.9 Å². The van der Waals surface area contributed by atoms with E-state index in [1.165, 1.54) is 17.3 Å². The third kappa shape index (κ3) is 2.62. The van der Waals surface area contributed by atoms with Crippen molar-refractivity contribution in [3.8, 4) is 0 Å². The zero-order valence-electron chi connectivity index (χ0n) is 11.1. The average molecular weight is 295 g/mol. The SMILES string of the molecule is O=C1OC(CO)CN1c1ccc(N2C=NOCC2)c(F)c1. The first-order valence-electron chi connectivity index (χ1n) is 6.49. The molecule has 1 aromatic carbocycles. The molecule has 0 bridgehead atoms. The van der Waals surface area contributed by atoms with Gasteiger partial charge >= 0.3 is 6.09 Å². The number of ether oxygens (including phenoxy) is 1. The Balaban J connectivity index is 1.82. The summed E-state index contributed by atoms with van der Waals surface area (Å²) in [7, 11) is 0. The number of oxime groups is 1. The first-order valence-corrected chi connectivity index (χ1v) is 6.49. The van der Waals surface area contributed by atoms with E-state index >= 15 is 0 Å². The highest BCUT2D eigenvalue weighted by Crippen LogP contribution is 2.27. The number of aliphatic hydroxyl groups is 1. The normalized spacial score (nSPS) is 21.4. The van der Waals surface area contributed by atoms with Gasteiger partial charge in [-0.15, -0.1) is 0 Å². The molecule has 0 spiro atoms. The summed E-state index contributed by atoms with van der Waals surface area (Å²) in [5, 5.41) is 12.6. The molecule has 1 unspecified atom stereocenters. The Bertz CT molecular complexity index is 581. The van der Waals surface area contributed by atoms with Gasteiger partial charge in [-0.3, -0.25) is 4.90 Å². The van der Waals surface area contributed by atoms with E-state index in [-0.39, 0.29) is 13.2 Å². The van der Waals surface area contributed by atoms with Gasteiger partial charge in [0.15, 0.2) is 0 Å². The molecule has 2 heterocycles. The number of rotatable bonds is 3. The summed E-state index contributed by atoms with van der Waals surface area (Å²) in [5.41, 5.74) is 0.750. The molecule has 21 heavy (non-hydrogen) atoms. The van der Waals surface area contributed by atoms with Crippen LogP contribution in [-0.4, -0.2) is 49.9 Å². The molecule has 0 aliphatic carbocycles. The quantitative estimate of drug-likeness (QED) is 0.897. The second-order valence-electron chi connectivity index (χ2n) is 4.68. The van der Waals surface area contributed by atoms with E-state index in [1.54, 1.807) is 17.0 Å². The standard InChI is InChI=1S/C13H14FN3O4/c14-11-5-9(17-6-10(7-18)21-13(17)19)1-2-12(11)16-3-4-20-15-8-16/h1-2,5,8,10,18H,3-4,6-7H2. The van der Waals surface area contributed by atoms with E-state index in [9.17, 15) is 9.18 Å². The van der Waals surface area contributed by atoms with Gasteiger partial charge in [0.2, 0.25) is 0 Å². The van der Waals surface area contributed by atoms with Crippen molar-refractivity contribution in [3.05, 3.63) is 24.0 Å². The number of aliphatic hydroxyl groups excluding tert-OH is 1. The number of hydrogen-bond acceptors (Lipinski definition) is 6. The van der Waals surface area contributed by atoms with Crippen molar-refractivity contribution in [2.24, 2.45) is 5.16 Å². The minimum atomic E-state index is -0.589. The monoisotopic (exact) mass is 295 g/mol. The van der Waals surface area contributed by atoms with Gasteiger partial charge in [-0.2, -0.15) is 0 Å². The van der Waals surface area contributed by atoms with Crippen molar-refractivity contribution in [1.82, 2.24) is 0 Å². The van der Waals surface area contributed by atoms with Gasteiger partial charge < -0.3 is 19.6 Å². The molecule has 1 N–H and O–H groups in total. The Morgan fingerprint density at radius 2 is 2.33 bits per heavy atom. The second kappa shape index (κ2) is 5.57. The van der Waals surface area contributed by atoms with Gasteiger partial charge in [-0.25, -0.2) is 9.18 Å². The fourth-order valence-electron chi connectivity index (χ4n) is 2.25. The summed E-state index contributed by atoms with van der Waals surface area (Å²) in [4.78, 5) is 19.4. The van der Waals surface area contributed by atoms with Crippen LogP contribution in [0.2, 0.25) is 0 Å². The van der Waals surface area contributed by atoms with Gasteiger partial charge in [0.1, 0.15) is 24.9 Å². The fraction of sp³-hybridized carbons (Fsp3) is 0.385. The largest absolute Gasteiger partial charge is 0.441 e.